The fourth-order valence-electron chi connectivity index (χ4n) is 2.77. The summed E-state index contributed by atoms with van der Waals surface area (Å²) in [6.07, 6.45) is 5.25. The molecule has 6 heteroatoms. The molecule has 1 aromatic rings. The van der Waals surface area contributed by atoms with Gasteiger partial charge in [0, 0.05) is 31.9 Å². The summed E-state index contributed by atoms with van der Waals surface area (Å²) >= 11 is 0. The predicted molar refractivity (Wildman–Crippen MR) is 88.9 cm³/mol. The number of rotatable bonds is 4. The Kier molecular flexibility index (Phi) is 5.93. The minimum Gasteiger partial charge on any atom is -0.444 e. The minimum absolute atomic E-state index is 0.204. The van der Waals surface area contributed by atoms with Crippen LogP contribution in [0.3, 0.4) is 0 Å². The Labute approximate surface area is 138 Å². The number of aromatic nitrogens is 2. The van der Waals surface area contributed by atoms with Crippen LogP contribution in [-0.4, -0.2) is 45.7 Å². The molecule has 23 heavy (non-hydrogen) atoms. The van der Waals surface area contributed by atoms with Gasteiger partial charge < -0.3 is 15.0 Å². The number of nitrogens with one attached hydrogen (secondary N) is 1. The van der Waals surface area contributed by atoms with E-state index in [1.165, 1.54) is 0 Å². The maximum atomic E-state index is 12.2. The topological polar surface area (TPSA) is 67.4 Å². The van der Waals surface area contributed by atoms with Gasteiger partial charge in [-0.3, -0.25) is 0 Å². The highest BCUT2D eigenvalue weighted by atomic mass is 16.6. The zero-order valence-corrected chi connectivity index (χ0v) is 14.6. The SMILES string of the molecule is CC(NCc1ccncn1)C1CCCN(C(=O)OC(C)(C)C)C1. The Morgan fingerprint density at radius 2 is 2.30 bits per heavy atom. The van der Waals surface area contributed by atoms with Crippen LogP contribution in [0.15, 0.2) is 18.6 Å². The van der Waals surface area contributed by atoms with E-state index in [1.54, 1.807) is 12.5 Å². The normalized spacial score (nSPS) is 20.2. The summed E-state index contributed by atoms with van der Waals surface area (Å²) in [4.78, 5) is 22.2. The van der Waals surface area contributed by atoms with Gasteiger partial charge in [0.05, 0.1) is 5.69 Å². The Morgan fingerprint density at radius 3 is 2.96 bits per heavy atom. The molecule has 2 atom stereocenters. The molecule has 1 saturated heterocycles. The van der Waals surface area contributed by atoms with Crippen molar-refractivity contribution in [3.8, 4) is 0 Å². The summed E-state index contributed by atoms with van der Waals surface area (Å²) in [5, 5.41) is 3.51. The lowest BCUT2D eigenvalue weighted by molar-refractivity contribution is 0.0148. The molecule has 1 aromatic heterocycles. The van der Waals surface area contributed by atoms with E-state index in [2.05, 4.69) is 22.2 Å². The van der Waals surface area contributed by atoms with Gasteiger partial charge in [0.2, 0.25) is 0 Å². The molecular weight excluding hydrogens is 292 g/mol. The third-order valence-electron chi connectivity index (χ3n) is 4.07. The molecule has 2 heterocycles. The monoisotopic (exact) mass is 320 g/mol. The van der Waals surface area contributed by atoms with E-state index in [9.17, 15) is 4.79 Å². The van der Waals surface area contributed by atoms with Crippen molar-refractivity contribution in [2.45, 2.75) is 58.7 Å². The van der Waals surface area contributed by atoms with Crippen molar-refractivity contribution < 1.29 is 9.53 Å². The second kappa shape index (κ2) is 7.73. The van der Waals surface area contributed by atoms with Crippen molar-refractivity contribution in [3.05, 3.63) is 24.3 Å². The molecule has 0 aliphatic carbocycles. The number of likely N-dealkylation sites (tertiary alicyclic amines) is 1. The number of carbonyl (C=O) groups excluding carboxylic acids is 1. The number of hydrogen-bond acceptors (Lipinski definition) is 5. The van der Waals surface area contributed by atoms with Crippen LogP contribution in [0.25, 0.3) is 0 Å². The van der Waals surface area contributed by atoms with E-state index in [0.29, 0.717) is 18.5 Å². The third-order valence-corrected chi connectivity index (χ3v) is 4.07. The molecule has 0 spiro atoms. The maximum absolute atomic E-state index is 12.2. The fraction of sp³-hybridized carbons (Fsp3) is 0.706. The minimum atomic E-state index is -0.444. The maximum Gasteiger partial charge on any atom is 0.410 e. The van der Waals surface area contributed by atoms with Gasteiger partial charge in [-0.1, -0.05) is 0 Å². The van der Waals surface area contributed by atoms with E-state index >= 15 is 0 Å². The number of nitrogens with zero attached hydrogens (tertiary/aromatic N) is 3. The highest BCUT2D eigenvalue weighted by molar-refractivity contribution is 5.68. The third kappa shape index (κ3) is 5.78. The highest BCUT2D eigenvalue weighted by Crippen LogP contribution is 2.22. The molecular formula is C17H28N4O2. The number of ether oxygens (including phenoxy) is 1. The van der Waals surface area contributed by atoms with Crippen molar-refractivity contribution in [1.82, 2.24) is 20.2 Å². The lowest BCUT2D eigenvalue weighted by Crippen LogP contribution is -2.47. The predicted octanol–water partition coefficient (Wildman–Crippen LogP) is 2.60. The molecule has 2 unspecified atom stereocenters. The first-order valence-electron chi connectivity index (χ1n) is 8.31. The van der Waals surface area contributed by atoms with Crippen molar-refractivity contribution in [2.75, 3.05) is 13.1 Å². The molecule has 128 valence electrons. The van der Waals surface area contributed by atoms with E-state index in [0.717, 1.165) is 31.6 Å². The molecule has 1 fully saturated rings. The van der Waals surface area contributed by atoms with Crippen LogP contribution >= 0.6 is 0 Å². The van der Waals surface area contributed by atoms with E-state index in [1.807, 2.05) is 31.7 Å². The second-order valence-electron chi connectivity index (χ2n) is 7.20. The Balaban J connectivity index is 1.84. The Hall–Kier alpha value is -1.69. The summed E-state index contributed by atoms with van der Waals surface area (Å²) in [6.45, 7) is 10.1. The van der Waals surface area contributed by atoms with E-state index < -0.39 is 5.60 Å². The molecule has 1 aliphatic heterocycles. The zero-order chi connectivity index (χ0) is 16.9. The molecule has 6 nitrogen and oxygen atoms in total. The summed E-state index contributed by atoms with van der Waals surface area (Å²) in [7, 11) is 0. The Bertz CT molecular complexity index is 501. The van der Waals surface area contributed by atoms with Crippen LogP contribution in [0, 0.1) is 5.92 Å². The quantitative estimate of drug-likeness (QED) is 0.923. The number of hydrogen-bond donors (Lipinski definition) is 1. The Morgan fingerprint density at radius 1 is 1.52 bits per heavy atom. The van der Waals surface area contributed by atoms with Gasteiger partial charge in [0.1, 0.15) is 11.9 Å². The lowest BCUT2D eigenvalue weighted by atomic mass is 9.91. The number of carbonyl (C=O) groups is 1. The van der Waals surface area contributed by atoms with E-state index in [-0.39, 0.29) is 6.09 Å². The molecule has 1 aliphatic rings. The van der Waals surface area contributed by atoms with Gasteiger partial charge >= 0.3 is 6.09 Å². The molecule has 0 radical (unpaired) electrons. The fourth-order valence-corrected chi connectivity index (χ4v) is 2.77. The summed E-state index contributed by atoms with van der Waals surface area (Å²) < 4.78 is 5.48. The average Bonchev–Trinajstić information content (AvgIpc) is 2.52. The van der Waals surface area contributed by atoms with Gasteiger partial charge in [-0.2, -0.15) is 0 Å². The number of amides is 1. The molecule has 0 bridgehead atoms. The first-order chi connectivity index (χ1) is 10.8. The van der Waals surface area contributed by atoms with Crippen LogP contribution in [0.1, 0.15) is 46.2 Å². The van der Waals surface area contributed by atoms with Gasteiger partial charge in [0.15, 0.2) is 0 Å². The summed E-state index contributed by atoms with van der Waals surface area (Å²) in [5.41, 5.74) is 0.535. The number of piperidine rings is 1. The smallest absolute Gasteiger partial charge is 0.410 e. The summed E-state index contributed by atoms with van der Waals surface area (Å²) in [6, 6.07) is 2.23. The van der Waals surface area contributed by atoms with Gasteiger partial charge in [0.25, 0.3) is 0 Å². The van der Waals surface area contributed by atoms with Gasteiger partial charge in [-0.25, -0.2) is 14.8 Å². The second-order valence-corrected chi connectivity index (χ2v) is 7.20. The molecule has 1 N–H and O–H groups in total. The van der Waals surface area contributed by atoms with Crippen LogP contribution in [-0.2, 0) is 11.3 Å². The van der Waals surface area contributed by atoms with Crippen molar-refractivity contribution in [2.24, 2.45) is 5.92 Å². The average molecular weight is 320 g/mol. The van der Waals surface area contributed by atoms with Gasteiger partial charge in [-0.15, -0.1) is 0 Å². The zero-order valence-electron chi connectivity index (χ0n) is 14.6. The standard InChI is InChI=1S/C17H28N4O2/c1-13(19-10-15-7-8-18-12-20-15)14-6-5-9-21(11-14)16(22)23-17(2,3)4/h7-8,12-14,19H,5-6,9-11H2,1-4H3. The van der Waals surface area contributed by atoms with Crippen LogP contribution in [0.5, 0.6) is 0 Å². The van der Waals surface area contributed by atoms with E-state index in [4.69, 9.17) is 4.74 Å². The van der Waals surface area contributed by atoms with Gasteiger partial charge in [-0.05, 0) is 52.5 Å². The highest BCUT2D eigenvalue weighted by Gasteiger charge is 2.29. The first kappa shape index (κ1) is 17.7. The largest absolute Gasteiger partial charge is 0.444 e. The first-order valence-corrected chi connectivity index (χ1v) is 8.31. The molecule has 1 amide bonds. The molecule has 2 rings (SSSR count). The lowest BCUT2D eigenvalue weighted by Gasteiger charge is -2.36. The molecule has 0 aromatic carbocycles. The molecule has 0 saturated carbocycles. The van der Waals surface area contributed by atoms with Crippen molar-refractivity contribution in [1.29, 1.82) is 0 Å². The summed E-state index contributed by atoms with van der Waals surface area (Å²) in [5.74, 6) is 0.429. The van der Waals surface area contributed by atoms with Crippen molar-refractivity contribution >= 4 is 6.09 Å². The van der Waals surface area contributed by atoms with Crippen LogP contribution in [0.4, 0.5) is 4.79 Å². The van der Waals surface area contributed by atoms with Crippen LogP contribution in [0.2, 0.25) is 0 Å². The van der Waals surface area contributed by atoms with Crippen LogP contribution < -0.4 is 5.32 Å². The van der Waals surface area contributed by atoms with Crippen molar-refractivity contribution in [3.63, 3.8) is 0 Å².